The number of nitrogens with two attached hydrogens (primary N) is 1. The Bertz CT molecular complexity index is 1030. The lowest BCUT2D eigenvalue weighted by Gasteiger charge is -2.34. The van der Waals surface area contributed by atoms with Crippen LogP contribution in [0.1, 0.15) is 48.2 Å². The Morgan fingerprint density at radius 2 is 1.62 bits per heavy atom. The molecule has 9 nitrogen and oxygen atoms in total. The standard InChI is InChI=1S/C28H37N3O6/c1-19(2)37-26(32)18-36-24-12-14-31(15-13-24)28(34)25(16-20-6-10-23(35-3)11-7-20)30-27(33)22-8-4-21(17-29)5-9-22/h4-11,19,24-25H,12-18,29H2,1-3H3,(H,30,33)/t25-/m0/s1. The second-order valence-electron chi connectivity index (χ2n) is 9.35. The third kappa shape index (κ3) is 8.58. The van der Waals surface area contributed by atoms with E-state index in [0.29, 0.717) is 44.5 Å². The average molecular weight is 512 g/mol. The molecule has 2 aromatic rings. The molecule has 2 aromatic carbocycles. The molecule has 37 heavy (non-hydrogen) atoms. The van der Waals surface area contributed by atoms with Crippen molar-refractivity contribution >= 4 is 17.8 Å². The normalized spacial score (nSPS) is 14.8. The Kier molecular flexibility index (Phi) is 10.5. The van der Waals surface area contributed by atoms with Crippen LogP contribution in [0.25, 0.3) is 0 Å². The van der Waals surface area contributed by atoms with Crippen molar-refractivity contribution in [2.45, 2.75) is 57.9 Å². The molecule has 3 rings (SSSR count). The van der Waals surface area contributed by atoms with Gasteiger partial charge in [-0.15, -0.1) is 0 Å². The minimum atomic E-state index is -0.742. The zero-order valence-electron chi connectivity index (χ0n) is 21.8. The van der Waals surface area contributed by atoms with E-state index in [1.54, 1.807) is 50.1 Å². The molecular weight excluding hydrogens is 474 g/mol. The Labute approximate surface area is 218 Å². The molecular formula is C28H37N3O6. The number of hydrogen-bond acceptors (Lipinski definition) is 7. The van der Waals surface area contributed by atoms with E-state index in [4.69, 9.17) is 19.9 Å². The van der Waals surface area contributed by atoms with E-state index in [9.17, 15) is 14.4 Å². The summed E-state index contributed by atoms with van der Waals surface area (Å²) in [5.74, 6) is -0.150. The Morgan fingerprint density at radius 1 is 1.00 bits per heavy atom. The molecule has 0 radical (unpaired) electrons. The molecule has 1 aliphatic heterocycles. The smallest absolute Gasteiger partial charge is 0.332 e. The van der Waals surface area contributed by atoms with Crippen LogP contribution in [0.3, 0.4) is 0 Å². The molecule has 200 valence electrons. The Balaban J connectivity index is 1.64. The van der Waals surface area contributed by atoms with Gasteiger partial charge in [0.05, 0.1) is 19.3 Å². The number of carbonyl (C=O) groups is 3. The molecule has 0 aromatic heterocycles. The maximum atomic E-state index is 13.5. The summed E-state index contributed by atoms with van der Waals surface area (Å²) in [6, 6.07) is 13.7. The van der Waals surface area contributed by atoms with Gasteiger partial charge in [-0.3, -0.25) is 9.59 Å². The van der Waals surface area contributed by atoms with Crippen molar-refractivity contribution in [3.8, 4) is 5.75 Å². The molecule has 1 fully saturated rings. The van der Waals surface area contributed by atoms with Gasteiger partial charge in [-0.25, -0.2) is 4.79 Å². The van der Waals surface area contributed by atoms with E-state index in [1.807, 2.05) is 24.3 Å². The second-order valence-corrected chi connectivity index (χ2v) is 9.35. The van der Waals surface area contributed by atoms with Gasteiger partial charge in [0.2, 0.25) is 5.91 Å². The molecule has 1 aliphatic rings. The van der Waals surface area contributed by atoms with E-state index < -0.39 is 12.0 Å². The highest BCUT2D eigenvalue weighted by atomic mass is 16.6. The van der Waals surface area contributed by atoms with Gasteiger partial charge in [-0.05, 0) is 62.1 Å². The SMILES string of the molecule is COc1ccc(C[C@H](NC(=O)c2ccc(CN)cc2)C(=O)N2CCC(OCC(=O)OC(C)C)CC2)cc1. The number of nitrogens with zero attached hydrogens (tertiary/aromatic N) is 1. The fraction of sp³-hybridized carbons (Fsp3) is 0.464. The van der Waals surface area contributed by atoms with Gasteiger partial charge in [0.15, 0.2) is 0 Å². The van der Waals surface area contributed by atoms with Gasteiger partial charge in [-0.2, -0.15) is 0 Å². The first kappa shape index (κ1) is 28.1. The van der Waals surface area contributed by atoms with Crippen LogP contribution in [0.5, 0.6) is 5.75 Å². The number of methoxy groups -OCH3 is 1. The van der Waals surface area contributed by atoms with Crippen LogP contribution in [0.2, 0.25) is 0 Å². The van der Waals surface area contributed by atoms with Crippen molar-refractivity contribution < 1.29 is 28.6 Å². The lowest BCUT2D eigenvalue weighted by atomic mass is 10.0. The summed E-state index contributed by atoms with van der Waals surface area (Å²) < 4.78 is 16.0. The molecule has 1 saturated heterocycles. The number of carbonyl (C=O) groups excluding carboxylic acids is 3. The minimum Gasteiger partial charge on any atom is -0.497 e. The maximum absolute atomic E-state index is 13.5. The number of benzene rings is 2. The molecule has 1 heterocycles. The maximum Gasteiger partial charge on any atom is 0.332 e. The first-order valence-electron chi connectivity index (χ1n) is 12.6. The first-order chi connectivity index (χ1) is 17.8. The van der Waals surface area contributed by atoms with Crippen molar-refractivity contribution in [3.63, 3.8) is 0 Å². The minimum absolute atomic E-state index is 0.101. The molecule has 1 atom stereocenters. The fourth-order valence-corrected chi connectivity index (χ4v) is 4.18. The fourth-order valence-electron chi connectivity index (χ4n) is 4.18. The van der Waals surface area contributed by atoms with Gasteiger partial charge in [0.1, 0.15) is 18.4 Å². The number of hydrogen-bond donors (Lipinski definition) is 2. The summed E-state index contributed by atoms with van der Waals surface area (Å²) in [7, 11) is 1.60. The van der Waals surface area contributed by atoms with Crippen molar-refractivity contribution in [1.29, 1.82) is 0 Å². The number of rotatable bonds is 11. The first-order valence-corrected chi connectivity index (χ1v) is 12.6. The number of esters is 1. The monoisotopic (exact) mass is 511 g/mol. The van der Waals surface area contributed by atoms with E-state index in [1.165, 1.54) is 0 Å². The zero-order valence-corrected chi connectivity index (χ0v) is 21.8. The van der Waals surface area contributed by atoms with Crippen molar-refractivity contribution in [3.05, 3.63) is 65.2 Å². The topological polar surface area (TPSA) is 120 Å². The van der Waals surface area contributed by atoms with Crippen LogP contribution < -0.4 is 15.8 Å². The summed E-state index contributed by atoms with van der Waals surface area (Å²) in [5.41, 5.74) is 7.94. The molecule has 0 saturated carbocycles. The quantitative estimate of drug-likeness (QED) is 0.445. The van der Waals surface area contributed by atoms with E-state index >= 15 is 0 Å². The number of nitrogens with one attached hydrogen (secondary N) is 1. The molecule has 0 spiro atoms. The Hall–Kier alpha value is -3.43. The number of ether oxygens (including phenoxy) is 3. The third-order valence-electron chi connectivity index (χ3n) is 6.21. The molecule has 0 unspecified atom stereocenters. The lowest BCUT2D eigenvalue weighted by Crippen LogP contribution is -2.52. The number of amides is 2. The van der Waals surface area contributed by atoms with Crippen LogP contribution in [0.4, 0.5) is 0 Å². The van der Waals surface area contributed by atoms with Gasteiger partial charge >= 0.3 is 5.97 Å². The van der Waals surface area contributed by atoms with Crippen molar-refractivity contribution in [2.24, 2.45) is 5.73 Å². The van der Waals surface area contributed by atoms with Gasteiger partial charge in [-0.1, -0.05) is 24.3 Å². The van der Waals surface area contributed by atoms with Crippen LogP contribution in [-0.2, 0) is 32.0 Å². The van der Waals surface area contributed by atoms with Crippen molar-refractivity contribution in [1.82, 2.24) is 10.2 Å². The van der Waals surface area contributed by atoms with E-state index in [0.717, 1.165) is 16.9 Å². The molecule has 3 N–H and O–H groups in total. The van der Waals surface area contributed by atoms with E-state index in [-0.39, 0.29) is 30.6 Å². The third-order valence-corrected chi connectivity index (χ3v) is 6.21. The highest BCUT2D eigenvalue weighted by molar-refractivity contribution is 5.97. The number of piperidine rings is 1. The van der Waals surface area contributed by atoms with Gasteiger partial charge in [0, 0.05) is 31.6 Å². The lowest BCUT2D eigenvalue weighted by molar-refractivity contribution is -0.156. The van der Waals surface area contributed by atoms with Gasteiger partial charge in [0.25, 0.3) is 5.91 Å². The summed E-state index contributed by atoms with van der Waals surface area (Å²) in [6.07, 6.45) is 1.23. The Morgan fingerprint density at radius 3 is 2.19 bits per heavy atom. The van der Waals surface area contributed by atoms with Crippen LogP contribution >= 0.6 is 0 Å². The summed E-state index contributed by atoms with van der Waals surface area (Å²) in [6.45, 7) is 4.82. The largest absolute Gasteiger partial charge is 0.497 e. The predicted octanol–water partition coefficient (Wildman–Crippen LogP) is 2.45. The van der Waals surface area contributed by atoms with E-state index in [2.05, 4.69) is 5.32 Å². The highest BCUT2D eigenvalue weighted by Crippen LogP contribution is 2.18. The highest BCUT2D eigenvalue weighted by Gasteiger charge is 2.30. The van der Waals surface area contributed by atoms with Crippen LogP contribution in [0, 0.1) is 0 Å². The van der Waals surface area contributed by atoms with Crippen molar-refractivity contribution in [2.75, 3.05) is 26.8 Å². The van der Waals surface area contributed by atoms with Crippen LogP contribution in [0.15, 0.2) is 48.5 Å². The molecule has 2 amide bonds. The molecule has 0 aliphatic carbocycles. The summed E-state index contributed by atoms with van der Waals surface area (Å²) >= 11 is 0. The molecule has 0 bridgehead atoms. The van der Waals surface area contributed by atoms with Crippen LogP contribution in [-0.4, -0.2) is 67.7 Å². The summed E-state index contributed by atoms with van der Waals surface area (Å²) in [4.78, 5) is 40.1. The summed E-state index contributed by atoms with van der Waals surface area (Å²) in [5, 5.41) is 2.93. The number of likely N-dealkylation sites (tertiary alicyclic amines) is 1. The zero-order chi connectivity index (χ0) is 26.8. The second kappa shape index (κ2) is 13.8. The predicted molar refractivity (Wildman–Crippen MR) is 139 cm³/mol. The van der Waals surface area contributed by atoms with Gasteiger partial charge < -0.3 is 30.2 Å². The molecule has 9 heteroatoms. The average Bonchev–Trinajstić information content (AvgIpc) is 2.91.